The van der Waals surface area contributed by atoms with E-state index in [4.69, 9.17) is 16.0 Å². The van der Waals surface area contributed by atoms with Crippen LogP contribution in [0.3, 0.4) is 0 Å². The predicted molar refractivity (Wildman–Crippen MR) is 129 cm³/mol. The number of furan rings is 1. The molecule has 6 nitrogen and oxygen atoms in total. The molecule has 0 spiro atoms. The maximum absolute atomic E-state index is 12.8. The van der Waals surface area contributed by atoms with Gasteiger partial charge in [0.15, 0.2) is 5.76 Å². The van der Waals surface area contributed by atoms with Crippen molar-refractivity contribution in [3.05, 3.63) is 85.3 Å². The van der Waals surface area contributed by atoms with E-state index in [9.17, 15) is 9.59 Å². The standard InChI is InChI=1S/C23H19ClIN3O3/c1-13-20-18(27-28-22(29)14-4-2-5-15(24)12-14)6-3-7-19(20)31-21(13)23(30)26-17-10-8-16(25)9-11-17/h2,4-5,8-12H,3,6-7H2,1H3,(H,26,30)(H,28,29)/b27-18+. The van der Waals surface area contributed by atoms with E-state index in [1.807, 2.05) is 31.2 Å². The summed E-state index contributed by atoms with van der Waals surface area (Å²) in [6.45, 7) is 1.84. The number of hydrazone groups is 1. The Morgan fingerprint density at radius 2 is 1.87 bits per heavy atom. The Balaban J connectivity index is 1.56. The van der Waals surface area contributed by atoms with Gasteiger partial charge in [0.05, 0.1) is 5.71 Å². The van der Waals surface area contributed by atoms with Crippen LogP contribution in [0.1, 0.15) is 50.6 Å². The fourth-order valence-electron chi connectivity index (χ4n) is 3.53. The summed E-state index contributed by atoms with van der Waals surface area (Å²) in [5.74, 6) is 0.321. The Morgan fingerprint density at radius 1 is 1.10 bits per heavy atom. The van der Waals surface area contributed by atoms with E-state index < -0.39 is 0 Å². The summed E-state index contributed by atoms with van der Waals surface area (Å²) < 4.78 is 6.99. The number of anilines is 1. The van der Waals surface area contributed by atoms with Crippen molar-refractivity contribution in [1.82, 2.24) is 5.43 Å². The second-order valence-corrected chi connectivity index (χ2v) is 8.86. The number of carbonyl (C=O) groups excluding carboxylic acids is 2. The maximum atomic E-state index is 12.8. The summed E-state index contributed by atoms with van der Waals surface area (Å²) in [4.78, 5) is 25.2. The minimum absolute atomic E-state index is 0.263. The summed E-state index contributed by atoms with van der Waals surface area (Å²) in [7, 11) is 0. The zero-order valence-electron chi connectivity index (χ0n) is 16.7. The first kappa shape index (κ1) is 21.6. The molecule has 2 N–H and O–H groups in total. The lowest BCUT2D eigenvalue weighted by molar-refractivity contribution is 0.0953. The van der Waals surface area contributed by atoms with Crippen LogP contribution in [0.4, 0.5) is 5.69 Å². The number of hydrogen-bond acceptors (Lipinski definition) is 4. The molecule has 2 aromatic carbocycles. The highest BCUT2D eigenvalue weighted by atomic mass is 127. The van der Waals surface area contributed by atoms with Gasteiger partial charge in [0, 0.05) is 37.4 Å². The van der Waals surface area contributed by atoms with Crippen molar-refractivity contribution >= 4 is 57.4 Å². The highest BCUT2D eigenvalue weighted by molar-refractivity contribution is 14.1. The molecule has 3 aromatic rings. The number of fused-ring (bicyclic) bond motifs is 1. The van der Waals surface area contributed by atoms with E-state index in [0.29, 0.717) is 46.2 Å². The Labute approximate surface area is 198 Å². The minimum Gasteiger partial charge on any atom is -0.455 e. The van der Waals surface area contributed by atoms with Crippen LogP contribution in [0.25, 0.3) is 0 Å². The van der Waals surface area contributed by atoms with Gasteiger partial charge >= 0.3 is 0 Å². The second kappa shape index (κ2) is 9.23. The molecule has 31 heavy (non-hydrogen) atoms. The zero-order chi connectivity index (χ0) is 22.0. The summed E-state index contributed by atoms with van der Waals surface area (Å²) >= 11 is 8.17. The number of rotatable bonds is 4. The average Bonchev–Trinajstić information content (AvgIpc) is 3.11. The summed E-state index contributed by atoms with van der Waals surface area (Å²) in [5, 5.41) is 7.69. The van der Waals surface area contributed by atoms with Crippen molar-refractivity contribution in [2.45, 2.75) is 26.2 Å². The third kappa shape index (κ3) is 4.83. The van der Waals surface area contributed by atoms with Crippen molar-refractivity contribution in [1.29, 1.82) is 0 Å². The first-order valence-corrected chi connectivity index (χ1v) is 11.2. The van der Waals surface area contributed by atoms with Gasteiger partial charge in [0.2, 0.25) is 0 Å². The second-order valence-electron chi connectivity index (χ2n) is 7.18. The normalized spacial score (nSPS) is 14.2. The SMILES string of the molecule is Cc1c(C(=O)Nc2ccc(I)cc2)oc2c1/C(=N/NC(=O)c1cccc(Cl)c1)CCC2. The number of halogens is 2. The summed E-state index contributed by atoms with van der Waals surface area (Å²) in [6.07, 6.45) is 2.22. The van der Waals surface area contributed by atoms with Gasteiger partial charge in [-0.3, -0.25) is 9.59 Å². The zero-order valence-corrected chi connectivity index (χ0v) is 19.6. The van der Waals surface area contributed by atoms with E-state index in [-0.39, 0.29) is 17.6 Å². The van der Waals surface area contributed by atoms with Gasteiger partial charge in [0.1, 0.15) is 5.76 Å². The monoisotopic (exact) mass is 547 g/mol. The molecule has 1 heterocycles. The van der Waals surface area contributed by atoms with Crippen LogP contribution in [0.2, 0.25) is 5.02 Å². The van der Waals surface area contributed by atoms with Gasteiger partial charge < -0.3 is 9.73 Å². The minimum atomic E-state index is -0.347. The molecule has 0 unspecified atom stereocenters. The first-order chi connectivity index (χ1) is 14.9. The largest absolute Gasteiger partial charge is 0.455 e. The van der Waals surface area contributed by atoms with Gasteiger partial charge in [-0.25, -0.2) is 5.43 Å². The number of hydrogen-bond donors (Lipinski definition) is 2. The van der Waals surface area contributed by atoms with Crippen LogP contribution < -0.4 is 10.7 Å². The Kier molecular flexibility index (Phi) is 6.43. The smallest absolute Gasteiger partial charge is 0.291 e. The lowest BCUT2D eigenvalue weighted by Gasteiger charge is -2.13. The maximum Gasteiger partial charge on any atom is 0.291 e. The van der Waals surface area contributed by atoms with E-state index in [2.05, 4.69) is 38.4 Å². The summed E-state index contributed by atoms with van der Waals surface area (Å²) in [5.41, 5.74) is 5.93. The molecule has 158 valence electrons. The molecular weight excluding hydrogens is 529 g/mol. The van der Waals surface area contributed by atoms with Gasteiger partial charge in [0.25, 0.3) is 11.8 Å². The Hall–Kier alpha value is -2.65. The third-order valence-electron chi connectivity index (χ3n) is 5.01. The molecule has 4 rings (SSSR count). The Morgan fingerprint density at radius 3 is 2.61 bits per heavy atom. The van der Waals surface area contributed by atoms with Gasteiger partial charge in [-0.05, 0) is 84.8 Å². The van der Waals surface area contributed by atoms with Crippen molar-refractivity contribution in [3.8, 4) is 0 Å². The predicted octanol–water partition coefficient (Wildman–Crippen LogP) is 5.57. The fraction of sp³-hybridized carbons (Fsp3) is 0.174. The van der Waals surface area contributed by atoms with Crippen LogP contribution in [0.15, 0.2) is 58.0 Å². The number of benzene rings is 2. The fourth-order valence-corrected chi connectivity index (χ4v) is 4.08. The molecule has 0 saturated heterocycles. The molecule has 1 aliphatic carbocycles. The van der Waals surface area contributed by atoms with E-state index in [0.717, 1.165) is 15.6 Å². The average molecular weight is 548 g/mol. The third-order valence-corrected chi connectivity index (χ3v) is 5.97. The van der Waals surface area contributed by atoms with Gasteiger partial charge in [-0.1, -0.05) is 17.7 Å². The molecule has 0 fully saturated rings. The molecule has 0 atom stereocenters. The summed E-state index contributed by atoms with van der Waals surface area (Å²) in [6, 6.07) is 14.2. The van der Waals surface area contributed by atoms with Crippen LogP contribution in [0.5, 0.6) is 0 Å². The van der Waals surface area contributed by atoms with Gasteiger partial charge in [-0.15, -0.1) is 0 Å². The first-order valence-electron chi connectivity index (χ1n) is 9.74. The van der Waals surface area contributed by atoms with E-state index in [1.165, 1.54) is 0 Å². The van der Waals surface area contributed by atoms with Crippen molar-refractivity contribution < 1.29 is 14.0 Å². The number of aryl methyl sites for hydroxylation is 1. The molecular formula is C23H19ClIN3O3. The van der Waals surface area contributed by atoms with Crippen LogP contribution in [0, 0.1) is 10.5 Å². The van der Waals surface area contributed by atoms with Crippen molar-refractivity contribution in [3.63, 3.8) is 0 Å². The number of amides is 2. The highest BCUT2D eigenvalue weighted by Gasteiger charge is 2.28. The molecule has 0 aliphatic heterocycles. The lowest BCUT2D eigenvalue weighted by atomic mass is 9.93. The molecule has 1 aliphatic rings. The highest BCUT2D eigenvalue weighted by Crippen LogP contribution is 2.30. The quantitative estimate of drug-likeness (QED) is 0.331. The molecule has 0 radical (unpaired) electrons. The van der Waals surface area contributed by atoms with E-state index >= 15 is 0 Å². The van der Waals surface area contributed by atoms with Crippen LogP contribution in [-0.2, 0) is 6.42 Å². The number of nitrogens with one attached hydrogen (secondary N) is 2. The van der Waals surface area contributed by atoms with Crippen molar-refractivity contribution in [2.75, 3.05) is 5.32 Å². The topological polar surface area (TPSA) is 83.7 Å². The lowest BCUT2D eigenvalue weighted by Crippen LogP contribution is -2.22. The molecule has 0 bridgehead atoms. The van der Waals surface area contributed by atoms with E-state index in [1.54, 1.807) is 24.3 Å². The number of carbonyl (C=O) groups is 2. The van der Waals surface area contributed by atoms with Crippen LogP contribution >= 0.6 is 34.2 Å². The molecule has 2 amide bonds. The molecule has 8 heteroatoms. The number of nitrogens with zero attached hydrogens (tertiary/aromatic N) is 1. The van der Waals surface area contributed by atoms with Crippen LogP contribution in [-0.4, -0.2) is 17.5 Å². The van der Waals surface area contributed by atoms with Gasteiger partial charge in [-0.2, -0.15) is 5.10 Å². The Bertz CT molecular complexity index is 1190. The van der Waals surface area contributed by atoms with Crippen molar-refractivity contribution in [2.24, 2.45) is 5.10 Å². The molecule has 0 saturated carbocycles. The molecule has 1 aromatic heterocycles.